The summed E-state index contributed by atoms with van der Waals surface area (Å²) in [6, 6.07) is 0. The van der Waals surface area contributed by atoms with E-state index in [1.165, 1.54) is 0 Å². The van der Waals surface area contributed by atoms with Crippen molar-refractivity contribution < 1.29 is 19.0 Å². The molecule has 0 unspecified atom stereocenters. The van der Waals surface area contributed by atoms with E-state index in [4.69, 9.17) is 0 Å². The smallest absolute Gasteiger partial charge is 0.250 e. The van der Waals surface area contributed by atoms with Gasteiger partial charge in [-0.2, -0.15) is 0 Å². The number of alkyl halides is 2. The molecule has 0 amide bonds. The maximum atomic E-state index is 13.0. The van der Waals surface area contributed by atoms with E-state index in [1.807, 2.05) is 13.8 Å². The van der Waals surface area contributed by atoms with Crippen molar-refractivity contribution in [3.8, 4) is 0 Å². The van der Waals surface area contributed by atoms with Crippen LogP contribution in [0.4, 0.5) is 8.78 Å². The molecule has 2 N–H and O–H groups in total. The van der Waals surface area contributed by atoms with Crippen molar-refractivity contribution in [3.05, 3.63) is 0 Å². The van der Waals surface area contributed by atoms with Crippen LogP contribution in [0.1, 0.15) is 27.2 Å². The maximum absolute atomic E-state index is 13.0. The highest BCUT2D eigenvalue weighted by Crippen LogP contribution is 2.43. The van der Waals surface area contributed by atoms with Gasteiger partial charge in [0, 0.05) is 0 Å². The van der Waals surface area contributed by atoms with E-state index < -0.39 is 24.0 Å². The van der Waals surface area contributed by atoms with Gasteiger partial charge >= 0.3 is 0 Å². The van der Waals surface area contributed by atoms with E-state index in [0.29, 0.717) is 0 Å². The largest absolute Gasteiger partial charge is 0.390 e. The molecular formula is C10H18F2O2. The van der Waals surface area contributed by atoms with Gasteiger partial charge in [0.05, 0.1) is 18.1 Å². The highest BCUT2D eigenvalue weighted by Gasteiger charge is 2.51. The molecule has 0 radical (unpaired) electrons. The number of hydrogen-bond donors (Lipinski definition) is 2. The summed E-state index contributed by atoms with van der Waals surface area (Å²) in [6.45, 7) is 4.55. The van der Waals surface area contributed by atoms with Crippen LogP contribution in [-0.4, -0.2) is 28.3 Å². The Balaban J connectivity index is 2.77. The molecule has 1 aliphatic carbocycles. The van der Waals surface area contributed by atoms with E-state index in [1.54, 1.807) is 0 Å². The molecule has 1 rings (SSSR count). The Morgan fingerprint density at radius 1 is 1.21 bits per heavy atom. The van der Waals surface area contributed by atoms with Crippen molar-refractivity contribution in [2.45, 2.75) is 45.3 Å². The maximum Gasteiger partial charge on any atom is 0.250 e. The minimum Gasteiger partial charge on any atom is -0.390 e. The third-order valence-corrected chi connectivity index (χ3v) is 3.23. The highest BCUT2D eigenvalue weighted by molar-refractivity contribution is 4.96. The summed E-state index contributed by atoms with van der Waals surface area (Å²) in [5.41, 5.74) is 0. The van der Waals surface area contributed by atoms with Crippen LogP contribution < -0.4 is 0 Å². The van der Waals surface area contributed by atoms with Gasteiger partial charge in [0.1, 0.15) is 0 Å². The second-order valence-electron chi connectivity index (χ2n) is 4.69. The molecule has 14 heavy (non-hydrogen) atoms. The van der Waals surface area contributed by atoms with Crippen LogP contribution in [0.25, 0.3) is 0 Å². The van der Waals surface area contributed by atoms with Crippen LogP contribution >= 0.6 is 0 Å². The molecule has 0 heterocycles. The summed E-state index contributed by atoms with van der Waals surface area (Å²) in [4.78, 5) is 0. The molecule has 1 fully saturated rings. The van der Waals surface area contributed by atoms with E-state index in [2.05, 4.69) is 0 Å². The second kappa shape index (κ2) is 3.74. The summed E-state index contributed by atoms with van der Waals surface area (Å²) in [6.07, 6.45) is -2.10. The van der Waals surface area contributed by atoms with Crippen LogP contribution in [0.2, 0.25) is 0 Å². The summed E-state index contributed by atoms with van der Waals surface area (Å²) in [7, 11) is 0. The summed E-state index contributed by atoms with van der Waals surface area (Å²) < 4.78 is 26.0. The van der Waals surface area contributed by atoms with Gasteiger partial charge in [-0.25, -0.2) is 8.78 Å². The van der Waals surface area contributed by atoms with Gasteiger partial charge < -0.3 is 10.2 Å². The molecule has 4 atom stereocenters. The minimum atomic E-state index is -2.91. The van der Waals surface area contributed by atoms with Gasteiger partial charge in [-0.1, -0.05) is 13.8 Å². The van der Waals surface area contributed by atoms with Gasteiger partial charge in [-0.15, -0.1) is 0 Å². The average Bonchev–Trinajstić information content (AvgIpc) is 2.28. The molecule has 2 nitrogen and oxygen atoms in total. The van der Waals surface area contributed by atoms with Gasteiger partial charge in [0.15, 0.2) is 0 Å². The normalized spacial score (nSPS) is 39.4. The first kappa shape index (κ1) is 11.9. The third kappa shape index (κ3) is 2.06. The van der Waals surface area contributed by atoms with Gasteiger partial charge in [-0.05, 0) is 25.2 Å². The zero-order valence-electron chi connectivity index (χ0n) is 8.74. The molecule has 0 saturated heterocycles. The molecule has 0 aliphatic heterocycles. The van der Waals surface area contributed by atoms with Crippen LogP contribution in [0.15, 0.2) is 0 Å². The Bertz CT molecular complexity index is 201. The molecular weight excluding hydrogens is 190 g/mol. The number of halogens is 2. The zero-order valence-corrected chi connectivity index (χ0v) is 8.74. The van der Waals surface area contributed by atoms with Crippen LogP contribution in [-0.2, 0) is 0 Å². The fourth-order valence-electron chi connectivity index (χ4n) is 2.24. The molecule has 84 valence electrons. The van der Waals surface area contributed by atoms with E-state index in [-0.39, 0.29) is 18.3 Å². The van der Waals surface area contributed by atoms with Crippen LogP contribution in [0.5, 0.6) is 0 Å². The monoisotopic (exact) mass is 208 g/mol. The average molecular weight is 208 g/mol. The molecule has 0 aromatic rings. The van der Waals surface area contributed by atoms with Gasteiger partial charge in [-0.3, -0.25) is 0 Å². The summed E-state index contributed by atoms with van der Waals surface area (Å²) in [5, 5.41) is 19.1. The number of aliphatic hydroxyl groups excluding tert-OH is 2. The van der Waals surface area contributed by atoms with Gasteiger partial charge in [0.25, 0.3) is 5.92 Å². The van der Waals surface area contributed by atoms with E-state index in [0.717, 1.165) is 6.92 Å². The topological polar surface area (TPSA) is 40.5 Å². The van der Waals surface area contributed by atoms with Crippen molar-refractivity contribution in [1.29, 1.82) is 0 Å². The Labute approximate surface area is 82.9 Å². The van der Waals surface area contributed by atoms with Crippen molar-refractivity contribution in [2.24, 2.45) is 17.8 Å². The molecule has 1 aliphatic rings. The van der Waals surface area contributed by atoms with Crippen molar-refractivity contribution in [3.63, 3.8) is 0 Å². The highest BCUT2D eigenvalue weighted by atomic mass is 19.3. The third-order valence-electron chi connectivity index (χ3n) is 3.23. The molecule has 0 aromatic carbocycles. The zero-order chi connectivity index (χ0) is 11.1. The molecule has 0 aromatic heterocycles. The lowest BCUT2D eigenvalue weighted by molar-refractivity contribution is -0.0959. The molecule has 4 heteroatoms. The van der Waals surface area contributed by atoms with Crippen LogP contribution in [0, 0.1) is 17.8 Å². The second-order valence-corrected chi connectivity index (χ2v) is 4.69. The van der Waals surface area contributed by atoms with Crippen molar-refractivity contribution in [2.75, 3.05) is 0 Å². The lowest BCUT2D eigenvalue weighted by Crippen LogP contribution is -2.36. The van der Waals surface area contributed by atoms with Crippen molar-refractivity contribution in [1.82, 2.24) is 0 Å². The Morgan fingerprint density at radius 2 is 1.71 bits per heavy atom. The first-order chi connectivity index (χ1) is 6.25. The Kier molecular flexibility index (Phi) is 3.17. The van der Waals surface area contributed by atoms with Crippen LogP contribution in [0.3, 0.4) is 0 Å². The lowest BCUT2D eigenvalue weighted by atomic mass is 9.91. The number of aliphatic hydroxyl groups is 2. The minimum absolute atomic E-state index is 0.118. The van der Waals surface area contributed by atoms with E-state index in [9.17, 15) is 19.0 Å². The Hall–Kier alpha value is -0.220. The number of rotatable bonds is 2. The number of hydrogen-bond acceptors (Lipinski definition) is 2. The first-order valence-corrected chi connectivity index (χ1v) is 4.99. The standard InChI is InChI=1S/C10H18F2O2/c1-5(2)6-4-7(10(3,11)12)9(14)8(6)13/h5-9,13-14H,4H2,1-3H3/t6-,7-,8-,9+/m0/s1. The first-order valence-electron chi connectivity index (χ1n) is 4.99. The summed E-state index contributed by atoms with van der Waals surface area (Å²) in [5.74, 6) is -4.12. The van der Waals surface area contributed by atoms with Gasteiger partial charge in [0.2, 0.25) is 0 Å². The van der Waals surface area contributed by atoms with Crippen molar-refractivity contribution >= 4 is 0 Å². The predicted molar refractivity (Wildman–Crippen MR) is 49.1 cm³/mol. The fraction of sp³-hybridized carbons (Fsp3) is 1.00. The van der Waals surface area contributed by atoms with E-state index >= 15 is 0 Å². The quantitative estimate of drug-likeness (QED) is 0.724. The molecule has 0 spiro atoms. The molecule has 1 saturated carbocycles. The lowest BCUT2D eigenvalue weighted by Gasteiger charge is -2.22. The SMILES string of the molecule is CC(C)[C@@H]1C[C@H](C(C)(F)F)[C@@H](O)[C@H]1O. The molecule has 0 bridgehead atoms. The fourth-order valence-corrected chi connectivity index (χ4v) is 2.24. The summed E-state index contributed by atoms with van der Waals surface area (Å²) >= 11 is 0. The Morgan fingerprint density at radius 3 is 1.93 bits per heavy atom. The predicted octanol–water partition coefficient (Wildman–Crippen LogP) is 1.66.